The molecule has 2 saturated carbocycles. The Hall–Kier alpha value is -2.41. The zero-order valence-corrected chi connectivity index (χ0v) is 16.0. The molecule has 28 heavy (non-hydrogen) atoms. The van der Waals surface area contributed by atoms with E-state index >= 15 is 0 Å². The summed E-state index contributed by atoms with van der Waals surface area (Å²) in [6, 6.07) is 6.54. The molecule has 2 bridgehead atoms. The van der Waals surface area contributed by atoms with E-state index in [9.17, 15) is 19.2 Å². The van der Waals surface area contributed by atoms with Crippen LogP contribution in [0.5, 0.6) is 0 Å². The molecule has 1 saturated heterocycles. The zero-order valence-electron chi connectivity index (χ0n) is 15.2. The molecule has 3 amide bonds. The summed E-state index contributed by atoms with van der Waals surface area (Å²) in [5.74, 6) is -1.12. The van der Waals surface area contributed by atoms with Crippen LogP contribution >= 0.6 is 11.6 Å². The Kier molecular flexibility index (Phi) is 5.10. The van der Waals surface area contributed by atoms with Gasteiger partial charge in [0.15, 0.2) is 6.61 Å². The summed E-state index contributed by atoms with van der Waals surface area (Å²) in [4.78, 5) is 50.1. The molecule has 8 heteroatoms. The van der Waals surface area contributed by atoms with Gasteiger partial charge in [0.2, 0.25) is 11.8 Å². The SMILES string of the molecule is O=C(COC(=O)CCN1C(=O)[C@@H]2[C@H]3CC[C@@H](C3)[C@H]2C1=O)Nc1ccc(Cl)cc1. The third kappa shape index (κ3) is 3.51. The maximum absolute atomic E-state index is 12.6. The molecule has 1 aliphatic heterocycles. The molecule has 148 valence electrons. The van der Waals surface area contributed by atoms with E-state index < -0.39 is 18.5 Å². The summed E-state index contributed by atoms with van der Waals surface area (Å²) in [5.41, 5.74) is 0.542. The van der Waals surface area contributed by atoms with Gasteiger partial charge < -0.3 is 10.1 Å². The van der Waals surface area contributed by atoms with E-state index in [1.807, 2.05) is 0 Å². The minimum atomic E-state index is -0.619. The molecule has 4 rings (SSSR count). The first-order valence-electron chi connectivity index (χ1n) is 9.50. The average molecular weight is 405 g/mol. The van der Waals surface area contributed by atoms with E-state index in [2.05, 4.69) is 5.32 Å². The largest absolute Gasteiger partial charge is 0.456 e. The van der Waals surface area contributed by atoms with Crippen molar-refractivity contribution in [1.82, 2.24) is 4.90 Å². The number of esters is 1. The number of nitrogens with one attached hydrogen (secondary N) is 1. The summed E-state index contributed by atoms with van der Waals surface area (Å²) >= 11 is 5.78. The van der Waals surface area contributed by atoms with Crippen LogP contribution in [0.2, 0.25) is 5.02 Å². The number of halogens is 1. The van der Waals surface area contributed by atoms with Crippen molar-refractivity contribution in [2.45, 2.75) is 25.7 Å². The normalized spacial score (nSPS) is 27.8. The van der Waals surface area contributed by atoms with Crippen LogP contribution in [0.4, 0.5) is 5.69 Å². The van der Waals surface area contributed by atoms with Gasteiger partial charge in [0, 0.05) is 17.3 Å². The van der Waals surface area contributed by atoms with E-state index in [-0.39, 0.29) is 36.6 Å². The number of imide groups is 1. The first-order chi connectivity index (χ1) is 13.4. The summed E-state index contributed by atoms with van der Waals surface area (Å²) < 4.78 is 4.95. The Labute approximate surface area is 167 Å². The number of nitrogens with zero attached hydrogens (tertiary/aromatic N) is 1. The lowest BCUT2D eigenvalue weighted by Crippen LogP contribution is -2.35. The van der Waals surface area contributed by atoms with E-state index in [4.69, 9.17) is 16.3 Å². The molecule has 0 spiro atoms. The van der Waals surface area contributed by atoms with E-state index in [1.54, 1.807) is 24.3 Å². The monoisotopic (exact) mass is 404 g/mol. The number of carbonyl (C=O) groups excluding carboxylic acids is 4. The van der Waals surface area contributed by atoms with Gasteiger partial charge in [-0.1, -0.05) is 11.6 Å². The number of carbonyl (C=O) groups is 4. The van der Waals surface area contributed by atoms with Crippen molar-refractivity contribution >= 4 is 41.0 Å². The molecule has 4 atom stereocenters. The number of likely N-dealkylation sites (tertiary alicyclic amines) is 1. The lowest BCUT2D eigenvalue weighted by molar-refractivity contribution is -0.149. The fourth-order valence-electron chi connectivity index (χ4n) is 4.84. The number of rotatable bonds is 6. The first kappa shape index (κ1) is 18.9. The smallest absolute Gasteiger partial charge is 0.308 e. The maximum atomic E-state index is 12.6. The third-order valence-electron chi connectivity index (χ3n) is 6.05. The molecule has 0 radical (unpaired) electrons. The van der Waals surface area contributed by atoms with Gasteiger partial charge in [-0.3, -0.25) is 24.1 Å². The van der Waals surface area contributed by atoms with Gasteiger partial charge in [0.05, 0.1) is 18.3 Å². The van der Waals surface area contributed by atoms with Crippen LogP contribution in [0.15, 0.2) is 24.3 Å². The highest BCUT2D eigenvalue weighted by molar-refractivity contribution is 6.30. The van der Waals surface area contributed by atoms with Gasteiger partial charge in [-0.25, -0.2) is 0 Å². The predicted molar refractivity (Wildman–Crippen MR) is 100 cm³/mol. The average Bonchev–Trinajstić information content (AvgIpc) is 3.35. The second-order valence-electron chi connectivity index (χ2n) is 7.68. The molecule has 1 heterocycles. The van der Waals surface area contributed by atoms with Crippen LogP contribution in [0.25, 0.3) is 0 Å². The minimum Gasteiger partial charge on any atom is -0.456 e. The first-order valence-corrected chi connectivity index (χ1v) is 9.88. The lowest BCUT2D eigenvalue weighted by Gasteiger charge is -2.19. The van der Waals surface area contributed by atoms with E-state index in [0.717, 1.165) is 19.3 Å². The molecule has 3 aliphatic rings. The highest BCUT2D eigenvalue weighted by Crippen LogP contribution is 2.56. The number of amides is 3. The van der Waals surface area contributed by atoms with Gasteiger partial charge in [-0.15, -0.1) is 0 Å². The quantitative estimate of drug-likeness (QED) is 0.579. The lowest BCUT2D eigenvalue weighted by atomic mass is 9.81. The standard InChI is InChI=1S/C20H21ClN2O5/c21-13-3-5-14(6-4-13)22-15(24)10-28-16(25)7-8-23-19(26)17-11-1-2-12(9-11)18(17)20(23)27/h3-6,11-12,17-18H,1-2,7-10H2,(H,22,24)/t11-,12-,17+,18+/m0/s1. The second-order valence-corrected chi connectivity index (χ2v) is 8.12. The fourth-order valence-corrected chi connectivity index (χ4v) is 4.97. The van der Waals surface area contributed by atoms with Gasteiger partial charge >= 0.3 is 5.97 Å². The number of anilines is 1. The number of fused-ring (bicyclic) bond motifs is 5. The molecule has 0 aromatic heterocycles. The van der Waals surface area contributed by atoms with Crippen LogP contribution in [0.3, 0.4) is 0 Å². The van der Waals surface area contributed by atoms with E-state index in [0.29, 0.717) is 22.5 Å². The molecule has 3 fully saturated rings. The zero-order chi connectivity index (χ0) is 19.8. The van der Waals surface area contributed by atoms with Crippen molar-refractivity contribution in [3.05, 3.63) is 29.3 Å². The second kappa shape index (κ2) is 7.54. The van der Waals surface area contributed by atoms with Crippen molar-refractivity contribution in [3.8, 4) is 0 Å². The van der Waals surface area contributed by atoms with Crippen LogP contribution < -0.4 is 5.32 Å². The summed E-state index contributed by atoms with van der Waals surface area (Å²) in [7, 11) is 0. The van der Waals surface area contributed by atoms with Crippen molar-refractivity contribution < 1.29 is 23.9 Å². The molecule has 1 N–H and O–H groups in total. The van der Waals surface area contributed by atoms with Crippen molar-refractivity contribution in [2.75, 3.05) is 18.5 Å². The Morgan fingerprint density at radius 3 is 2.29 bits per heavy atom. The van der Waals surface area contributed by atoms with Gasteiger partial charge in [-0.05, 0) is 55.4 Å². The van der Waals surface area contributed by atoms with Crippen LogP contribution in [0.1, 0.15) is 25.7 Å². The Morgan fingerprint density at radius 1 is 1.07 bits per heavy atom. The number of ether oxygens (including phenoxy) is 1. The topological polar surface area (TPSA) is 92.8 Å². The van der Waals surface area contributed by atoms with Crippen molar-refractivity contribution in [2.24, 2.45) is 23.7 Å². The Balaban J connectivity index is 1.22. The number of hydrogen-bond acceptors (Lipinski definition) is 5. The van der Waals surface area contributed by atoms with Crippen LogP contribution in [-0.4, -0.2) is 41.7 Å². The molecule has 2 aliphatic carbocycles. The number of benzene rings is 1. The minimum absolute atomic E-state index is 0.0156. The molecule has 0 unspecified atom stereocenters. The number of hydrogen-bond donors (Lipinski definition) is 1. The molecular weight excluding hydrogens is 384 g/mol. The summed E-state index contributed by atoms with van der Waals surface area (Å²) in [5, 5.41) is 3.13. The van der Waals surface area contributed by atoms with Gasteiger partial charge in [-0.2, -0.15) is 0 Å². The van der Waals surface area contributed by atoms with Crippen LogP contribution in [0, 0.1) is 23.7 Å². The molecule has 7 nitrogen and oxygen atoms in total. The predicted octanol–water partition coefficient (Wildman–Crippen LogP) is 2.24. The molecule has 1 aromatic rings. The van der Waals surface area contributed by atoms with Crippen LogP contribution in [-0.2, 0) is 23.9 Å². The highest BCUT2D eigenvalue weighted by atomic mass is 35.5. The van der Waals surface area contributed by atoms with Gasteiger partial charge in [0.25, 0.3) is 5.91 Å². The maximum Gasteiger partial charge on any atom is 0.308 e. The van der Waals surface area contributed by atoms with Crippen molar-refractivity contribution in [3.63, 3.8) is 0 Å². The van der Waals surface area contributed by atoms with Crippen molar-refractivity contribution in [1.29, 1.82) is 0 Å². The Bertz CT molecular complexity index is 796. The molecule has 1 aromatic carbocycles. The van der Waals surface area contributed by atoms with Gasteiger partial charge in [0.1, 0.15) is 0 Å². The third-order valence-corrected chi connectivity index (χ3v) is 6.30. The highest BCUT2D eigenvalue weighted by Gasteiger charge is 2.60. The fraction of sp³-hybridized carbons (Fsp3) is 0.500. The summed E-state index contributed by atoms with van der Waals surface area (Å²) in [6.07, 6.45) is 2.90. The summed E-state index contributed by atoms with van der Waals surface area (Å²) in [6.45, 7) is -0.416. The van der Waals surface area contributed by atoms with E-state index in [1.165, 1.54) is 4.90 Å². The molecular formula is C20H21ClN2O5. The Morgan fingerprint density at radius 2 is 1.68 bits per heavy atom.